The van der Waals surface area contributed by atoms with Crippen LogP contribution in [0.5, 0.6) is 0 Å². The number of fused-ring (bicyclic) bond motifs is 5. The van der Waals surface area contributed by atoms with E-state index in [1.165, 1.54) is 57.8 Å². The first-order valence-electron chi connectivity index (χ1n) is 14.5. The van der Waals surface area contributed by atoms with Gasteiger partial charge in [-0.3, -0.25) is 4.79 Å². The van der Waals surface area contributed by atoms with Crippen LogP contribution in [0.25, 0.3) is 0 Å². The maximum absolute atomic E-state index is 12.5. The lowest BCUT2D eigenvalue weighted by Crippen LogP contribution is -2.51. The van der Waals surface area contributed by atoms with Crippen molar-refractivity contribution in [2.45, 2.75) is 130 Å². The molecule has 0 aromatic carbocycles. The zero-order chi connectivity index (χ0) is 24.9. The number of carbonyl (C=O) groups is 1. The summed E-state index contributed by atoms with van der Waals surface area (Å²) in [7, 11) is 0. The summed E-state index contributed by atoms with van der Waals surface area (Å²) in [5.74, 6) is 5.10. The minimum atomic E-state index is -0.599. The topological polar surface area (TPSA) is 26.3 Å². The quantitative estimate of drug-likeness (QED) is 0.185. The molecule has 8 atom stereocenters. The lowest BCUT2D eigenvalue weighted by Gasteiger charge is -2.58. The third-order valence-corrected chi connectivity index (χ3v) is 11.3. The van der Waals surface area contributed by atoms with Gasteiger partial charge in [0, 0.05) is 6.42 Å². The standard InChI is InChI=1S/C31H51BrO2/c1-20(2)9-8-10-21(3)25-13-14-26-24-12-11-22-19-23(34-28(33)29(4,5)32)15-17-30(22,6)27(24)16-18-31(25,26)7/h11,20-21,23-27H,8-10,12-19H2,1-7H3/t21-,23-,24+,25-,26+,27+,30+,31-/m1/s1. The van der Waals surface area contributed by atoms with Gasteiger partial charge in [-0.1, -0.05) is 81.5 Å². The minimum Gasteiger partial charge on any atom is -0.461 e. The Morgan fingerprint density at radius 2 is 1.82 bits per heavy atom. The number of rotatable bonds is 7. The van der Waals surface area contributed by atoms with Crippen molar-refractivity contribution in [3.8, 4) is 0 Å². The average Bonchev–Trinajstić information content (AvgIpc) is 3.10. The summed E-state index contributed by atoms with van der Waals surface area (Å²) in [6.45, 7) is 16.3. The van der Waals surface area contributed by atoms with E-state index < -0.39 is 4.32 Å². The maximum atomic E-state index is 12.5. The highest BCUT2D eigenvalue weighted by Gasteiger charge is 2.59. The maximum Gasteiger partial charge on any atom is 0.322 e. The lowest BCUT2D eigenvalue weighted by atomic mass is 9.47. The monoisotopic (exact) mass is 534 g/mol. The molecule has 0 N–H and O–H groups in total. The highest BCUT2D eigenvalue weighted by molar-refractivity contribution is 9.10. The number of hydrogen-bond acceptors (Lipinski definition) is 2. The van der Waals surface area contributed by atoms with Gasteiger partial charge in [0.1, 0.15) is 10.4 Å². The van der Waals surface area contributed by atoms with Crippen LogP contribution in [0.3, 0.4) is 0 Å². The van der Waals surface area contributed by atoms with Gasteiger partial charge in [0.05, 0.1) is 0 Å². The molecule has 0 amide bonds. The molecule has 0 aliphatic heterocycles. The smallest absolute Gasteiger partial charge is 0.322 e. The lowest BCUT2D eigenvalue weighted by molar-refractivity contribution is -0.153. The van der Waals surface area contributed by atoms with Gasteiger partial charge >= 0.3 is 5.97 Å². The van der Waals surface area contributed by atoms with Gasteiger partial charge in [-0.25, -0.2) is 0 Å². The Kier molecular flexibility index (Phi) is 7.76. The van der Waals surface area contributed by atoms with Crippen molar-refractivity contribution in [1.29, 1.82) is 0 Å². The van der Waals surface area contributed by atoms with E-state index in [0.29, 0.717) is 10.8 Å². The van der Waals surface area contributed by atoms with Crippen LogP contribution in [-0.4, -0.2) is 16.4 Å². The van der Waals surface area contributed by atoms with Crippen molar-refractivity contribution in [1.82, 2.24) is 0 Å². The van der Waals surface area contributed by atoms with Crippen molar-refractivity contribution in [3.63, 3.8) is 0 Å². The molecule has 194 valence electrons. The Balaban J connectivity index is 1.44. The van der Waals surface area contributed by atoms with E-state index in [9.17, 15) is 4.79 Å². The Bertz CT molecular complexity index is 779. The predicted molar refractivity (Wildman–Crippen MR) is 146 cm³/mol. The second-order valence-electron chi connectivity index (χ2n) is 14.0. The molecule has 0 aromatic heterocycles. The molecule has 2 nitrogen and oxygen atoms in total. The van der Waals surface area contributed by atoms with Crippen LogP contribution in [0.1, 0.15) is 119 Å². The Hall–Kier alpha value is -0.310. The van der Waals surface area contributed by atoms with Gasteiger partial charge in [-0.15, -0.1) is 0 Å². The van der Waals surface area contributed by atoms with E-state index in [1.807, 2.05) is 13.8 Å². The molecule has 0 unspecified atom stereocenters. The third-order valence-electron chi connectivity index (χ3n) is 11.0. The van der Waals surface area contributed by atoms with E-state index in [1.54, 1.807) is 5.57 Å². The van der Waals surface area contributed by atoms with Crippen LogP contribution >= 0.6 is 15.9 Å². The Labute approximate surface area is 218 Å². The largest absolute Gasteiger partial charge is 0.461 e. The fraction of sp³-hybridized carbons (Fsp3) is 0.903. The van der Waals surface area contributed by atoms with Gasteiger partial charge < -0.3 is 4.74 Å². The number of halogens is 1. The Morgan fingerprint density at radius 3 is 2.50 bits per heavy atom. The Morgan fingerprint density at radius 1 is 1.09 bits per heavy atom. The number of carbonyl (C=O) groups excluding carboxylic acids is 1. The van der Waals surface area contributed by atoms with E-state index in [-0.39, 0.29) is 12.1 Å². The van der Waals surface area contributed by atoms with E-state index in [2.05, 4.69) is 56.6 Å². The molecule has 34 heavy (non-hydrogen) atoms. The van der Waals surface area contributed by atoms with Gasteiger partial charge in [-0.05, 0) is 105 Å². The molecule has 0 radical (unpaired) electrons. The molecule has 0 bridgehead atoms. The first-order chi connectivity index (χ1) is 15.9. The number of hydrogen-bond donors (Lipinski definition) is 0. The summed E-state index contributed by atoms with van der Waals surface area (Å²) >= 11 is 3.47. The van der Waals surface area contributed by atoms with Gasteiger partial charge in [0.2, 0.25) is 0 Å². The van der Waals surface area contributed by atoms with Gasteiger partial charge in [0.25, 0.3) is 0 Å². The molecule has 3 fully saturated rings. The normalized spacial score (nSPS) is 40.7. The molecule has 0 spiro atoms. The SMILES string of the molecule is CC(C)CCC[C@@H](C)[C@H]1CC[C@H]2[C@@H]3CC=C4C[C@H](OC(=O)C(C)(C)Br)CC[C@]4(C)[C@H]3CC[C@]12C. The first-order valence-corrected chi connectivity index (χ1v) is 15.2. The molecule has 4 rings (SSSR count). The van der Waals surface area contributed by atoms with Crippen molar-refractivity contribution in [2.24, 2.45) is 46.3 Å². The molecular formula is C31H51BrO2. The van der Waals surface area contributed by atoms with Crippen LogP contribution in [0, 0.1) is 46.3 Å². The molecule has 3 heteroatoms. The summed E-state index contributed by atoms with van der Waals surface area (Å²) in [5.41, 5.74) is 2.47. The fourth-order valence-electron chi connectivity index (χ4n) is 9.04. The van der Waals surface area contributed by atoms with Crippen molar-refractivity contribution in [3.05, 3.63) is 11.6 Å². The van der Waals surface area contributed by atoms with Crippen LogP contribution < -0.4 is 0 Å². The molecule has 3 saturated carbocycles. The minimum absolute atomic E-state index is 0.0524. The molecule has 4 aliphatic rings. The average molecular weight is 536 g/mol. The number of esters is 1. The summed E-state index contributed by atoms with van der Waals surface area (Å²) in [5, 5.41) is 0. The van der Waals surface area contributed by atoms with E-state index in [4.69, 9.17) is 4.74 Å². The third kappa shape index (κ3) is 4.95. The molecule has 4 aliphatic carbocycles. The zero-order valence-corrected chi connectivity index (χ0v) is 24.7. The fourth-order valence-corrected chi connectivity index (χ4v) is 9.14. The zero-order valence-electron chi connectivity index (χ0n) is 23.1. The van der Waals surface area contributed by atoms with Gasteiger partial charge in [0.15, 0.2) is 0 Å². The van der Waals surface area contributed by atoms with Crippen LogP contribution in [0.15, 0.2) is 11.6 Å². The summed E-state index contributed by atoms with van der Waals surface area (Å²) < 4.78 is 5.33. The molecular weight excluding hydrogens is 484 g/mol. The van der Waals surface area contributed by atoms with Crippen LogP contribution in [-0.2, 0) is 9.53 Å². The van der Waals surface area contributed by atoms with Gasteiger partial charge in [-0.2, -0.15) is 0 Å². The van der Waals surface area contributed by atoms with Crippen molar-refractivity contribution in [2.75, 3.05) is 0 Å². The summed E-state index contributed by atoms with van der Waals surface area (Å²) in [4.78, 5) is 12.5. The van der Waals surface area contributed by atoms with Crippen LogP contribution in [0.2, 0.25) is 0 Å². The number of allylic oxidation sites excluding steroid dienone is 1. The van der Waals surface area contributed by atoms with E-state index >= 15 is 0 Å². The summed E-state index contributed by atoms with van der Waals surface area (Å²) in [6.07, 6.45) is 17.0. The predicted octanol–water partition coefficient (Wildman–Crippen LogP) is 9.11. The highest BCUT2D eigenvalue weighted by Crippen LogP contribution is 2.67. The number of ether oxygens (including phenoxy) is 1. The van der Waals surface area contributed by atoms with Crippen LogP contribution in [0.4, 0.5) is 0 Å². The second-order valence-corrected chi connectivity index (χ2v) is 16.0. The second kappa shape index (κ2) is 9.86. The number of alkyl halides is 1. The molecule has 0 heterocycles. The van der Waals surface area contributed by atoms with Crippen molar-refractivity contribution >= 4 is 21.9 Å². The van der Waals surface area contributed by atoms with Crippen molar-refractivity contribution < 1.29 is 9.53 Å². The molecule has 0 saturated heterocycles. The van der Waals surface area contributed by atoms with E-state index in [0.717, 1.165) is 48.3 Å². The summed E-state index contributed by atoms with van der Waals surface area (Å²) in [6, 6.07) is 0. The first kappa shape index (κ1) is 26.7. The highest BCUT2D eigenvalue weighted by atomic mass is 79.9. The molecule has 0 aromatic rings.